The Morgan fingerprint density at radius 3 is 3.07 bits per heavy atom. The van der Waals surface area contributed by atoms with Crippen LogP contribution in [0.5, 0.6) is 0 Å². The van der Waals surface area contributed by atoms with Gasteiger partial charge in [0, 0.05) is 11.8 Å². The summed E-state index contributed by atoms with van der Waals surface area (Å²) in [6, 6.07) is 1.57. The molecule has 2 N–H and O–H groups in total. The monoisotopic (exact) mass is 210 g/mol. The van der Waals surface area contributed by atoms with Crippen molar-refractivity contribution in [2.75, 3.05) is 13.1 Å². The molecule has 1 aliphatic rings. The van der Waals surface area contributed by atoms with Crippen LogP contribution >= 0.6 is 0 Å². The van der Waals surface area contributed by atoms with Gasteiger partial charge in [0.05, 0.1) is 11.8 Å². The summed E-state index contributed by atoms with van der Waals surface area (Å²) in [7, 11) is 0. The molecule has 0 aliphatic carbocycles. The Morgan fingerprint density at radius 2 is 2.27 bits per heavy atom. The van der Waals surface area contributed by atoms with E-state index in [1.54, 1.807) is 6.07 Å². The van der Waals surface area contributed by atoms with E-state index in [4.69, 9.17) is 0 Å². The first-order chi connectivity index (χ1) is 7.22. The summed E-state index contributed by atoms with van der Waals surface area (Å²) < 4.78 is 13.5. The van der Waals surface area contributed by atoms with Crippen molar-refractivity contribution < 1.29 is 9.50 Å². The molecule has 1 unspecified atom stereocenters. The first kappa shape index (κ1) is 10.5. The smallest absolute Gasteiger partial charge is 0.147 e. The summed E-state index contributed by atoms with van der Waals surface area (Å²) in [4.78, 5) is 3.69. The molecule has 2 rings (SSSR count). The van der Waals surface area contributed by atoms with Crippen molar-refractivity contribution in [2.24, 2.45) is 0 Å². The summed E-state index contributed by atoms with van der Waals surface area (Å²) in [6.45, 7) is 1.60. The number of halogens is 1. The molecule has 0 saturated carbocycles. The van der Waals surface area contributed by atoms with Gasteiger partial charge < -0.3 is 10.4 Å². The second-order valence-electron chi connectivity index (χ2n) is 3.99. The number of aliphatic hydroxyl groups is 1. The van der Waals surface area contributed by atoms with E-state index in [0.717, 1.165) is 25.7 Å². The number of pyridine rings is 1. The number of nitrogens with zero attached hydrogens (tertiary/aromatic N) is 1. The maximum absolute atomic E-state index is 13.5. The lowest BCUT2D eigenvalue weighted by Gasteiger charge is -2.26. The molecule has 3 nitrogen and oxygen atoms in total. The van der Waals surface area contributed by atoms with Gasteiger partial charge >= 0.3 is 0 Å². The molecule has 0 amide bonds. The van der Waals surface area contributed by atoms with Crippen molar-refractivity contribution in [2.45, 2.75) is 24.9 Å². The highest BCUT2D eigenvalue weighted by atomic mass is 19.1. The van der Waals surface area contributed by atoms with Gasteiger partial charge in [-0.1, -0.05) is 0 Å². The zero-order valence-corrected chi connectivity index (χ0v) is 8.54. The molecular formula is C11H15FN2O. The molecular weight excluding hydrogens is 195 g/mol. The molecule has 0 radical (unpaired) electrons. The summed E-state index contributed by atoms with van der Waals surface area (Å²) >= 11 is 0. The van der Waals surface area contributed by atoms with E-state index in [1.807, 2.05) is 0 Å². The first-order valence-electron chi connectivity index (χ1n) is 5.25. The van der Waals surface area contributed by atoms with Crippen molar-refractivity contribution in [3.63, 3.8) is 0 Å². The number of hydrogen-bond donors (Lipinski definition) is 2. The Bertz CT molecular complexity index is 335. The zero-order valence-electron chi connectivity index (χ0n) is 8.54. The van der Waals surface area contributed by atoms with E-state index >= 15 is 0 Å². The van der Waals surface area contributed by atoms with Crippen LogP contribution in [0.4, 0.5) is 4.39 Å². The third-order valence-electron chi connectivity index (χ3n) is 2.93. The van der Waals surface area contributed by atoms with E-state index in [0.29, 0.717) is 18.4 Å². The standard InChI is InChI=1S/C11H15FN2O/c12-10-8-14-6-2-9(10)11(15)3-1-5-13-7-4-11/h2,6,8,13,15H,1,3-5,7H2. The number of hydrogen-bond acceptors (Lipinski definition) is 3. The maximum Gasteiger partial charge on any atom is 0.147 e. The van der Waals surface area contributed by atoms with Crippen molar-refractivity contribution in [3.05, 3.63) is 29.8 Å². The van der Waals surface area contributed by atoms with Gasteiger partial charge in [-0.2, -0.15) is 0 Å². The fourth-order valence-electron chi connectivity index (χ4n) is 2.07. The van der Waals surface area contributed by atoms with Crippen LogP contribution in [0.15, 0.2) is 18.5 Å². The highest BCUT2D eigenvalue weighted by Crippen LogP contribution is 2.32. The molecule has 2 heterocycles. The predicted octanol–water partition coefficient (Wildman–Crippen LogP) is 1.18. The summed E-state index contributed by atoms with van der Waals surface area (Å²) in [6.07, 6.45) is 4.69. The summed E-state index contributed by atoms with van der Waals surface area (Å²) in [5.41, 5.74) is -0.655. The van der Waals surface area contributed by atoms with E-state index < -0.39 is 11.4 Å². The van der Waals surface area contributed by atoms with Crippen molar-refractivity contribution in [3.8, 4) is 0 Å². The van der Waals surface area contributed by atoms with Gasteiger partial charge in [0.15, 0.2) is 0 Å². The molecule has 1 aromatic heterocycles. The Balaban J connectivity index is 2.30. The van der Waals surface area contributed by atoms with Crippen LogP contribution < -0.4 is 5.32 Å². The topological polar surface area (TPSA) is 45.2 Å². The largest absolute Gasteiger partial charge is 0.385 e. The molecule has 1 fully saturated rings. The zero-order chi connectivity index (χ0) is 10.7. The molecule has 1 saturated heterocycles. The number of nitrogens with one attached hydrogen (secondary N) is 1. The third kappa shape index (κ3) is 2.16. The first-order valence-corrected chi connectivity index (χ1v) is 5.25. The van der Waals surface area contributed by atoms with Gasteiger partial charge in [-0.15, -0.1) is 0 Å². The van der Waals surface area contributed by atoms with E-state index in [9.17, 15) is 9.50 Å². The van der Waals surface area contributed by atoms with Gasteiger partial charge in [0.25, 0.3) is 0 Å². The van der Waals surface area contributed by atoms with Gasteiger partial charge in [0.2, 0.25) is 0 Å². The molecule has 0 bridgehead atoms. The minimum atomic E-state index is -1.03. The minimum Gasteiger partial charge on any atom is -0.385 e. The van der Waals surface area contributed by atoms with Gasteiger partial charge in [-0.05, 0) is 38.4 Å². The molecule has 1 atom stereocenters. The molecule has 0 spiro atoms. The molecule has 1 aromatic rings. The van der Waals surface area contributed by atoms with Gasteiger partial charge in [0.1, 0.15) is 5.82 Å². The van der Waals surface area contributed by atoms with Crippen LogP contribution in [0, 0.1) is 5.82 Å². The van der Waals surface area contributed by atoms with Crippen LogP contribution in [0.25, 0.3) is 0 Å². The quantitative estimate of drug-likeness (QED) is 0.731. The highest BCUT2D eigenvalue weighted by Gasteiger charge is 2.32. The molecule has 15 heavy (non-hydrogen) atoms. The molecule has 1 aliphatic heterocycles. The Labute approximate surface area is 88.3 Å². The van der Waals surface area contributed by atoms with E-state index in [1.165, 1.54) is 6.20 Å². The summed E-state index contributed by atoms with van der Waals surface area (Å²) in [5.74, 6) is -0.415. The lowest BCUT2D eigenvalue weighted by Crippen LogP contribution is -2.28. The van der Waals surface area contributed by atoms with Gasteiger partial charge in [-0.25, -0.2) is 4.39 Å². The second-order valence-corrected chi connectivity index (χ2v) is 3.99. The highest BCUT2D eigenvalue weighted by molar-refractivity contribution is 5.21. The maximum atomic E-state index is 13.5. The second kappa shape index (κ2) is 4.24. The molecule has 4 heteroatoms. The van der Waals surface area contributed by atoms with Crippen LogP contribution in [0.2, 0.25) is 0 Å². The van der Waals surface area contributed by atoms with Crippen molar-refractivity contribution >= 4 is 0 Å². The average molecular weight is 210 g/mol. The summed E-state index contributed by atoms with van der Waals surface area (Å²) in [5, 5.41) is 13.6. The fraction of sp³-hybridized carbons (Fsp3) is 0.545. The predicted molar refractivity (Wildman–Crippen MR) is 54.8 cm³/mol. The molecule has 0 aromatic carbocycles. The van der Waals surface area contributed by atoms with E-state index in [2.05, 4.69) is 10.3 Å². The molecule has 82 valence electrons. The Kier molecular flexibility index (Phi) is 2.98. The normalized spacial score (nSPS) is 27.3. The van der Waals surface area contributed by atoms with Crippen LogP contribution in [-0.4, -0.2) is 23.2 Å². The Morgan fingerprint density at radius 1 is 1.40 bits per heavy atom. The van der Waals surface area contributed by atoms with Crippen LogP contribution in [-0.2, 0) is 5.60 Å². The van der Waals surface area contributed by atoms with Crippen LogP contribution in [0.3, 0.4) is 0 Å². The third-order valence-corrected chi connectivity index (χ3v) is 2.93. The average Bonchev–Trinajstić information content (AvgIpc) is 2.44. The fourth-order valence-corrected chi connectivity index (χ4v) is 2.07. The van der Waals surface area contributed by atoms with Gasteiger partial charge in [-0.3, -0.25) is 4.98 Å². The lowest BCUT2D eigenvalue weighted by molar-refractivity contribution is 0.0204. The van der Waals surface area contributed by atoms with Crippen molar-refractivity contribution in [1.82, 2.24) is 10.3 Å². The lowest BCUT2D eigenvalue weighted by atomic mass is 9.87. The number of rotatable bonds is 1. The van der Waals surface area contributed by atoms with Crippen molar-refractivity contribution in [1.29, 1.82) is 0 Å². The Hall–Kier alpha value is -1.00. The van der Waals surface area contributed by atoms with E-state index in [-0.39, 0.29) is 0 Å². The minimum absolute atomic E-state index is 0.376. The SMILES string of the molecule is OC1(c2ccncc2F)CCCNCC1. The number of aromatic nitrogens is 1. The van der Waals surface area contributed by atoms with Crippen LogP contribution in [0.1, 0.15) is 24.8 Å².